The number of aryl methyl sites for hydroxylation is 1. The van der Waals surface area contributed by atoms with E-state index in [0.717, 1.165) is 10.6 Å². The maximum absolute atomic E-state index is 12.1. The minimum atomic E-state index is -0.389. The number of hydrogen-bond donors (Lipinski definition) is 2. The van der Waals surface area contributed by atoms with Gasteiger partial charge in [-0.05, 0) is 37.6 Å². The van der Waals surface area contributed by atoms with Crippen molar-refractivity contribution in [3.05, 3.63) is 54.1 Å². The lowest BCUT2D eigenvalue weighted by atomic mass is 10.2. The van der Waals surface area contributed by atoms with Gasteiger partial charge < -0.3 is 15.8 Å². The van der Waals surface area contributed by atoms with E-state index in [1.54, 1.807) is 0 Å². The number of thioether (sulfide) groups is 1. The van der Waals surface area contributed by atoms with E-state index >= 15 is 0 Å². The second-order valence-corrected chi connectivity index (χ2v) is 6.58. The summed E-state index contributed by atoms with van der Waals surface area (Å²) in [6, 6.07) is 15.2. The molecule has 0 fully saturated rings. The number of benzene rings is 2. The Balaban J connectivity index is 1.76. The van der Waals surface area contributed by atoms with Crippen molar-refractivity contribution in [2.24, 2.45) is 5.73 Å². The van der Waals surface area contributed by atoms with E-state index in [4.69, 9.17) is 10.5 Å². The Morgan fingerprint density at radius 2 is 1.84 bits per heavy atom. The van der Waals surface area contributed by atoms with Crippen molar-refractivity contribution in [2.75, 3.05) is 17.7 Å². The molecule has 0 atom stereocenters. The normalized spacial score (nSPS) is 10.3. The summed E-state index contributed by atoms with van der Waals surface area (Å²) in [6.45, 7) is 2.50. The zero-order valence-electron chi connectivity index (χ0n) is 14.2. The van der Waals surface area contributed by atoms with Gasteiger partial charge in [0.05, 0.1) is 18.0 Å². The molecule has 25 heavy (non-hydrogen) atoms. The van der Waals surface area contributed by atoms with Crippen LogP contribution in [-0.4, -0.2) is 24.2 Å². The molecule has 0 saturated heterocycles. The summed E-state index contributed by atoms with van der Waals surface area (Å²) in [5.41, 5.74) is 7.04. The van der Waals surface area contributed by atoms with E-state index in [1.807, 2.05) is 55.5 Å². The molecule has 0 heterocycles. The van der Waals surface area contributed by atoms with Gasteiger partial charge in [0.1, 0.15) is 5.75 Å². The lowest BCUT2D eigenvalue weighted by Gasteiger charge is -2.10. The standard InChI is InChI=1S/C19H22N2O3S/c1-14-8-10-15(11-9-14)24-12-4-7-19(23)21-16-5-2-3-6-17(16)25-13-18(20)22/h2-3,5-6,8-11H,4,7,12-13H2,1H3,(H2,20,22)(H,21,23). The third-order valence-corrected chi connectivity index (χ3v) is 4.46. The first kappa shape index (κ1) is 18.9. The van der Waals surface area contributed by atoms with Crippen LogP contribution in [0.2, 0.25) is 0 Å². The number of carbonyl (C=O) groups excluding carboxylic acids is 2. The van der Waals surface area contributed by atoms with Crippen LogP contribution in [0.1, 0.15) is 18.4 Å². The van der Waals surface area contributed by atoms with Gasteiger partial charge in [-0.25, -0.2) is 0 Å². The van der Waals surface area contributed by atoms with E-state index in [2.05, 4.69) is 5.32 Å². The van der Waals surface area contributed by atoms with E-state index in [-0.39, 0.29) is 17.6 Å². The average molecular weight is 358 g/mol. The number of para-hydroxylation sites is 1. The fourth-order valence-corrected chi connectivity index (χ4v) is 2.86. The van der Waals surface area contributed by atoms with Gasteiger partial charge >= 0.3 is 0 Å². The van der Waals surface area contributed by atoms with Crippen molar-refractivity contribution in [3.8, 4) is 5.75 Å². The van der Waals surface area contributed by atoms with E-state index < -0.39 is 0 Å². The molecule has 132 valence electrons. The van der Waals surface area contributed by atoms with Crippen LogP contribution in [0.4, 0.5) is 5.69 Å². The molecule has 0 spiro atoms. The number of nitrogens with two attached hydrogens (primary N) is 1. The third kappa shape index (κ3) is 6.89. The van der Waals surface area contributed by atoms with Crippen LogP contribution in [-0.2, 0) is 9.59 Å². The molecule has 0 aromatic heterocycles. The Bertz CT molecular complexity index is 717. The largest absolute Gasteiger partial charge is 0.494 e. The van der Waals surface area contributed by atoms with E-state index in [9.17, 15) is 9.59 Å². The highest BCUT2D eigenvalue weighted by Crippen LogP contribution is 2.26. The molecule has 0 aliphatic heterocycles. The summed E-state index contributed by atoms with van der Waals surface area (Å²) in [6.07, 6.45) is 0.983. The molecular formula is C19H22N2O3S. The van der Waals surface area contributed by atoms with Crippen molar-refractivity contribution >= 4 is 29.3 Å². The van der Waals surface area contributed by atoms with Crippen molar-refractivity contribution in [1.82, 2.24) is 0 Å². The summed E-state index contributed by atoms with van der Waals surface area (Å²) < 4.78 is 5.61. The molecule has 2 aromatic carbocycles. The highest BCUT2D eigenvalue weighted by atomic mass is 32.2. The quantitative estimate of drug-likeness (QED) is 0.532. The number of nitrogens with one attached hydrogen (secondary N) is 1. The molecule has 0 bridgehead atoms. The Labute approximate surface area is 151 Å². The first-order valence-corrected chi connectivity index (χ1v) is 9.02. The van der Waals surface area contributed by atoms with Gasteiger partial charge in [0.15, 0.2) is 0 Å². The molecule has 3 N–H and O–H groups in total. The number of carbonyl (C=O) groups is 2. The Hall–Kier alpha value is -2.47. The minimum Gasteiger partial charge on any atom is -0.494 e. The molecule has 2 aromatic rings. The predicted molar refractivity (Wildman–Crippen MR) is 101 cm³/mol. The Morgan fingerprint density at radius 3 is 2.56 bits per heavy atom. The fraction of sp³-hybridized carbons (Fsp3) is 0.263. The van der Waals surface area contributed by atoms with Crippen LogP contribution in [0.15, 0.2) is 53.4 Å². The number of primary amides is 1. The van der Waals surface area contributed by atoms with E-state index in [1.165, 1.54) is 17.3 Å². The molecule has 0 aliphatic carbocycles. The van der Waals surface area contributed by atoms with E-state index in [0.29, 0.717) is 25.1 Å². The van der Waals surface area contributed by atoms with Crippen molar-refractivity contribution < 1.29 is 14.3 Å². The van der Waals surface area contributed by atoms with Gasteiger partial charge in [0.25, 0.3) is 0 Å². The van der Waals surface area contributed by atoms with Crippen LogP contribution in [0.25, 0.3) is 0 Å². The van der Waals surface area contributed by atoms with Crippen LogP contribution in [0.3, 0.4) is 0 Å². The van der Waals surface area contributed by atoms with Crippen LogP contribution < -0.4 is 15.8 Å². The van der Waals surface area contributed by atoms with Crippen molar-refractivity contribution in [3.63, 3.8) is 0 Å². The molecule has 6 heteroatoms. The maximum atomic E-state index is 12.1. The van der Waals surface area contributed by atoms with Gasteiger partial charge in [-0.3, -0.25) is 9.59 Å². The molecule has 0 aliphatic rings. The Kier molecular flexibility index (Phi) is 7.35. The summed E-state index contributed by atoms with van der Waals surface area (Å²) in [7, 11) is 0. The molecule has 2 amide bonds. The number of ether oxygens (including phenoxy) is 1. The van der Waals surface area contributed by atoms with Crippen molar-refractivity contribution in [2.45, 2.75) is 24.7 Å². The fourth-order valence-electron chi connectivity index (χ4n) is 2.11. The highest BCUT2D eigenvalue weighted by Gasteiger charge is 2.08. The number of anilines is 1. The minimum absolute atomic E-state index is 0.0837. The lowest BCUT2D eigenvalue weighted by Crippen LogP contribution is -2.15. The van der Waals surface area contributed by atoms with Gasteiger partial charge in [-0.2, -0.15) is 0 Å². The van der Waals surface area contributed by atoms with Gasteiger partial charge in [-0.15, -0.1) is 11.8 Å². The monoisotopic (exact) mass is 358 g/mol. The summed E-state index contributed by atoms with van der Waals surface area (Å²) in [5.74, 6) is 0.510. The zero-order chi connectivity index (χ0) is 18.1. The summed E-state index contributed by atoms with van der Waals surface area (Å²) >= 11 is 1.31. The molecule has 5 nitrogen and oxygen atoms in total. The SMILES string of the molecule is Cc1ccc(OCCCC(=O)Nc2ccccc2SCC(N)=O)cc1. The highest BCUT2D eigenvalue weighted by molar-refractivity contribution is 8.00. The van der Waals surface area contributed by atoms with Gasteiger partial charge in [0.2, 0.25) is 11.8 Å². The summed E-state index contributed by atoms with van der Waals surface area (Å²) in [5, 5.41) is 2.87. The second-order valence-electron chi connectivity index (χ2n) is 5.56. The molecule has 0 unspecified atom stereocenters. The average Bonchev–Trinajstić information content (AvgIpc) is 2.59. The van der Waals surface area contributed by atoms with Crippen LogP contribution in [0.5, 0.6) is 5.75 Å². The topological polar surface area (TPSA) is 81.4 Å². The lowest BCUT2D eigenvalue weighted by molar-refractivity contribution is -0.116. The summed E-state index contributed by atoms with van der Waals surface area (Å²) in [4.78, 5) is 23.8. The number of hydrogen-bond acceptors (Lipinski definition) is 4. The first-order chi connectivity index (χ1) is 12.0. The second kappa shape index (κ2) is 9.74. The van der Waals surface area contributed by atoms with Crippen molar-refractivity contribution in [1.29, 1.82) is 0 Å². The predicted octanol–water partition coefficient (Wildman–Crippen LogP) is 3.37. The molecule has 0 radical (unpaired) electrons. The molecular weight excluding hydrogens is 336 g/mol. The smallest absolute Gasteiger partial charge is 0.227 e. The zero-order valence-corrected chi connectivity index (χ0v) is 15.0. The Morgan fingerprint density at radius 1 is 1.12 bits per heavy atom. The van der Waals surface area contributed by atoms with Crippen LogP contribution >= 0.6 is 11.8 Å². The molecule has 2 rings (SSSR count). The number of amides is 2. The van der Waals surface area contributed by atoms with Gasteiger partial charge in [0, 0.05) is 11.3 Å². The number of rotatable bonds is 9. The molecule has 0 saturated carbocycles. The third-order valence-electron chi connectivity index (χ3n) is 3.37. The first-order valence-electron chi connectivity index (χ1n) is 8.04. The van der Waals surface area contributed by atoms with Crippen LogP contribution in [0, 0.1) is 6.92 Å². The van der Waals surface area contributed by atoms with Gasteiger partial charge in [-0.1, -0.05) is 29.8 Å². The maximum Gasteiger partial charge on any atom is 0.227 e.